The topological polar surface area (TPSA) is 69.6 Å². The molecule has 0 bridgehead atoms. The summed E-state index contributed by atoms with van der Waals surface area (Å²) in [4.78, 5) is 25.2. The molecule has 104 valence electrons. The first kappa shape index (κ1) is 15.2. The van der Waals surface area contributed by atoms with Crippen LogP contribution in [0.25, 0.3) is 0 Å². The fourth-order valence-corrected chi connectivity index (χ4v) is 1.75. The number of rotatable bonds is 5. The minimum Gasteiger partial charge on any atom is -0.392 e. The minimum absolute atomic E-state index is 0.231. The molecule has 19 heavy (non-hydrogen) atoms. The second-order valence-corrected chi connectivity index (χ2v) is 4.63. The maximum atomic E-state index is 11.9. The Balaban J connectivity index is 2.57. The highest BCUT2D eigenvalue weighted by molar-refractivity contribution is 5.97. The number of likely N-dealkylation sites (N-methyl/N-ethyl adjacent to an activating group) is 1. The second-order valence-electron chi connectivity index (χ2n) is 4.63. The zero-order valence-corrected chi connectivity index (χ0v) is 11.5. The molecule has 1 aromatic carbocycles. The van der Waals surface area contributed by atoms with E-state index in [9.17, 15) is 14.7 Å². The molecule has 1 rings (SSSR count). The lowest BCUT2D eigenvalue weighted by atomic mass is 10.2. The van der Waals surface area contributed by atoms with Crippen LogP contribution in [0.5, 0.6) is 0 Å². The summed E-state index contributed by atoms with van der Waals surface area (Å²) in [6.45, 7) is 3.48. The first-order valence-corrected chi connectivity index (χ1v) is 6.20. The summed E-state index contributed by atoms with van der Waals surface area (Å²) in [7, 11) is 1.60. The molecule has 1 aromatic rings. The monoisotopic (exact) mass is 264 g/mol. The SMILES string of the molecule is CC(O)CN(C)C(=O)C(C)NC(=O)c1ccccc1. The molecule has 0 aliphatic carbocycles. The summed E-state index contributed by atoms with van der Waals surface area (Å²) in [6.07, 6.45) is -0.592. The van der Waals surface area contributed by atoms with E-state index in [1.165, 1.54) is 4.90 Å². The first-order valence-electron chi connectivity index (χ1n) is 6.20. The summed E-state index contributed by atoms with van der Waals surface area (Å²) < 4.78 is 0. The van der Waals surface area contributed by atoms with E-state index in [0.717, 1.165) is 0 Å². The van der Waals surface area contributed by atoms with Gasteiger partial charge in [0.05, 0.1) is 6.10 Å². The predicted octanol–water partition coefficient (Wildman–Crippen LogP) is 0.644. The molecule has 0 aromatic heterocycles. The largest absolute Gasteiger partial charge is 0.392 e. The van der Waals surface area contributed by atoms with Gasteiger partial charge in [-0.3, -0.25) is 9.59 Å². The molecule has 0 saturated heterocycles. The van der Waals surface area contributed by atoms with Gasteiger partial charge in [-0.25, -0.2) is 0 Å². The van der Waals surface area contributed by atoms with Gasteiger partial charge in [-0.15, -0.1) is 0 Å². The Hall–Kier alpha value is -1.88. The van der Waals surface area contributed by atoms with Gasteiger partial charge in [-0.1, -0.05) is 18.2 Å². The average molecular weight is 264 g/mol. The number of hydrogen-bond acceptors (Lipinski definition) is 3. The van der Waals surface area contributed by atoms with E-state index in [0.29, 0.717) is 5.56 Å². The van der Waals surface area contributed by atoms with Gasteiger partial charge in [-0.05, 0) is 26.0 Å². The molecular weight excluding hydrogens is 244 g/mol. The number of benzene rings is 1. The van der Waals surface area contributed by atoms with E-state index < -0.39 is 12.1 Å². The maximum absolute atomic E-state index is 11.9. The van der Waals surface area contributed by atoms with E-state index in [1.807, 2.05) is 6.07 Å². The van der Waals surface area contributed by atoms with Gasteiger partial charge < -0.3 is 15.3 Å². The van der Waals surface area contributed by atoms with Crippen LogP contribution in [0.3, 0.4) is 0 Å². The molecule has 5 nitrogen and oxygen atoms in total. The summed E-state index contributed by atoms with van der Waals surface area (Å²) in [5, 5.41) is 11.9. The van der Waals surface area contributed by atoms with Crippen LogP contribution in [-0.4, -0.2) is 47.6 Å². The Morgan fingerprint density at radius 3 is 2.37 bits per heavy atom. The summed E-state index contributed by atoms with van der Waals surface area (Å²) in [5.41, 5.74) is 0.514. The van der Waals surface area contributed by atoms with Crippen molar-refractivity contribution < 1.29 is 14.7 Å². The van der Waals surface area contributed by atoms with Crippen LogP contribution < -0.4 is 5.32 Å². The molecule has 2 atom stereocenters. The maximum Gasteiger partial charge on any atom is 0.251 e. The quantitative estimate of drug-likeness (QED) is 0.820. The lowest BCUT2D eigenvalue weighted by Crippen LogP contribution is -2.47. The number of carbonyl (C=O) groups is 2. The molecule has 0 radical (unpaired) electrons. The van der Waals surface area contributed by atoms with Gasteiger partial charge in [-0.2, -0.15) is 0 Å². The number of carbonyl (C=O) groups excluding carboxylic acids is 2. The Bertz CT molecular complexity index is 432. The number of hydrogen-bond donors (Lipinski definition) is 2. The average Bonchev–Trinajstić information content (AvgIpc) is 2.37. The second kappa shape index (κ2) is 6.89. The first-order chi connectivity index (χ1) is 8.91. The highest BCUT2D eigenvalue weighted by Crippen LogP contribution is 2.00. The number of aliphatic hydroxyl groups is 1. The van der Waals surface area contributed by atoms with Gasteiger partial charge in [0.1, 0.15) is 6.04 Å². The molecule has 0 aliphatic rings. The van der Waals surface area contributed by atoms with Crippen LogP contribution in [0.15, 0.2) is 30.3 Å². The van der Waals surface area contributed by atoms with E-state index in [4.69, 9.17) is 0 Å². The fourth-order valence-electron chi connectivity index (χ4n) is 1.75. The number of aliphatic hydroxyl groups excluding tert-OH is 1. The van der Waals surface area contributed by atoms with Crippen molar-refractivity contribution in [2.45, 2.75) is 26.0 Å². The lowest BCUT2D eigenvalue weighted by Gasteiger charge is -2.23. The summed E-state index contributed by atoms with van der Waals surface area (Å²) in [6, 6.07) is 8.10. The molecule has 0 aliphatic heterocycles. The number of amides is 2. The Morgan fingerprint density at radius 1 is 1.26 bits per heavy atom. The lowest BCUT2D eigenvalue weighted by molar-refractivity contribution is -0.132. The van der Waals surface area contributed by atoms with Crippen LogP contribution >= 0.6 is 0 Å². The Labute approximate surface area is 113 Å². The number of nitrogens with zero attached hydrogens (tertiary/aromatic N) is 1. The van der Waals surface area contributed by atoms with E-state index >= 15 is 0 Å². The molecule has 0 heterocycles. The van der Waals surface area contributed by atoms with Gasteiger partial charge in [0, 0.05) is 19.2 Å². The summed E-state index contributed by atoms with van der Waals surface area (Å²) in [5.74, 6) is -0.517. The normalized spacial score (nSPS) is 13.5. The Morgan fingerprint density at radius 2 is 1.84 bits per heavy atom. The van der Waals surface area contributed by atoms with Crippen LogP contribution in [-0.2, 0) is 4.79 Å². The zero-order valence-electron chi connectivity index (χ0n) is 11.5. The van der Waals surface area contributed by atoms with Crippen LogP contribution in [0.2, 0.25) is 0 Å². The van der Waals surface area contributed by atoms with E-state index in [2.05, 4.69) is 5.32 Å². The van der Waals surface area contributed by atoms with Gasteiger partial charge in [0.2, 0.25) is 5.91 Å². The van der Waals surface area contributed by atoms with Crippen molar-refractivity contribution in [3.8, 4) is 0 Å². The number of nitrogens with one attached hydrogen (secondary N) is 1. The van der Waals surface area contributed by atoms with Crippen molar-refractivity contribution in [3.63, 3.8) is 0 Å². The smallest absolute Gasteiger partial charge is 0.251 e. The minimum atomic E-state index is -0.628. The molecule has 5 heteroatoms. The van der Waals surface area contributed by atoms with Crippen LogP contribution in [0.1, 0.15) is 24.2 Å². The van der Waals surface area contributed by atoms with Gasteiger partial charge in [0.25, 0.3) is 5.91 Å². The third kappa shape index (κ3) is 4.71. The third-order valence-corrected chi connectivity index (χ3v) is 2.67. The van der Waals surface area contributed by atoms with E-state index in [-0.39, 0.29) is 18.4 Å². The summed E-state index contributed by atoms with van der Waals surface area (Å²) >= 11 is 0. The van der Waals surface area contributed by atoms with Crippen molar-refractivity contribution >= 4 is 11.8 Å². The standard InChI is InChI=1S/C14H20N2O3/c1-10(17)9-16(3)14(19)11(2)15-13(18)12-7-5-4-6-8-12/h4-8,10-11,17H,9H2,1-3H3,(H,15,18). The highest BCUT2D eigenvalue weighted by atomic mass is 16.3. The van der Waals surface area contributed by atoms with Crippen molar-refractivity contribution in [2.24, 2.45) is 0 Å². The van der Waals surface area contributed by atoms with Gasteiger partial charge in [0.15, 0.2) is 0 Å². The third-order valence-electron chi connectivity index (χ3n) is 2.67. The van der Waals surface area contributed by atoms with Crippen molar-refractivity contribution in [2.75, 3.05) is 13.6 Å². The molecule has 0 spiro atoms. The predicted molar refractivity (Wildman–Crippen MR) is 72.7 cm³/mol. The zero-order chi connectivity index (χ0) is 14.4. The Kier molecular flexibility index (Phi) is 5.51. The van der Waals surface area contributed by atoms with Crippen molar-refractivity contribution in [1.82, 2.24) is 10.2 Å². The van der Waals surface area contributed by atoms with Crippen molar-refractivity contribution in [3.05, 3.63) is 35.9 Å². The van der Waals surface area contributed by atoms with E-state index in [1.54, 1.807) is 45.2 Å². The van der Waals surface area contributed by atoms with Crippen LogP contribution in [0, 0.1) is 0 Å². The molecule has 2 amide bonds. The molecule has 2 unspecified atom stereocenters. The molecule has 2 N–H and O–H groups in total. The molecular formula is C14H20N2O3. The van der Waals surface area contributed by atoms with Crippen LogP contribution in [0.4, 0.5) is 0 Å². The highest BCUT2D eigenvalue weighted by Gasteiger charge is 2.20. The van der Waals surface area contributed by atoms with Gasteiger partial charge >= 0.3 is 0 Å². The van der Waals surface area contributed by atoms with Crippen molar-refractivity contribution in [1.29, 1.82) is 0 Å². The molecule has 0 saturated carbocycles. The molecule has 0 fully saturated rings. The fraction of sp³-hybridized carbons (Fsp3) is 0.429.